The van der Waals surface area contributed by atoms with Crippen molar-refractivity contribution in [1.29, 1.82) is 0 Å². The van der Waals surface area contributed by atoms with E-state index in [-0.39, 0.29) is 0 Å². The first kappa shape index (κ1) is 7.73. The Labute approximate surface area is 81.2 Å². The Morgan fingerprint density at radius 1 is 1.50 bits per heavy atom. The molecule has 1 N–H and O–H groups in total. The first-order valence-corrected chi connectivity index (χ1v) is 4.77. The molecule has 72 valence electrons. The molecule has 0 amide bonds. The Morgan fingerprint density at radius 2 is 2.36 bits per heavy atom. The van der Waals surface area contributed by atoms with Gasteiger partial charge in [-0.15, -0.1) is 10.2 Å². The molecule has 14 heavy (non-hydrogen) atoms. The second kappa shape index (κ2) is 2.67. The third kappa shape index (κ3) is 1.21. The minimum absolute atomic E-state index is 0.627. The van der Waals surface area contributed by atoms with Crippen LogP contribution in [0.25, 0.3) is 5.78 Å². The number of anilines is 1. The molecule has 2 aromatic rings. The van der Waals surface area contributed by atoms with E-state index in [1.807, 2.05) is 17.4 Å². The number of rotatable bonds is 2. The summed E-state index contributed by atoms with van der Waals surface area (Å²) in [5.41, 5.74) is 0.966. The summed E-state index contributed by atoms with van der Waals surface area (Å²) in [7, 11) is 0. The predicted molar refractivity (Wildman–Crippen MR) is 52.2 cm³/mol. The maximum absolute atomic E-state index is 4.27. The molecular weight excluding hydrogens is 178 g/mol. The molecule has 5 heteroatoms. The minimum atomic E-state index is 0.627. The van der Waals surface area contributed by atoms with Crippen molar-refractivity contribution in [2.75, 3.05) is 5.32 Å². The Kier molecular flexibility index (Phi) is 1.47. The minimum Gasteiger partial charge on any atom is -0.368 e. The maximum atomic E-state index is 4.27. The molecule has 2 heterocycles. The fourth-order valence-corrected chi connectivity index (χ4v) is 1.48. The maximum Gasteiger partial charge on any atom is 0.256 e. The van der Waals surface area contributed by atoms with Crippen LogP contribution < -0.4 is 5.32 Å². The van der Waals surface area contributed by atoms with Crippen LogP contribution in [0.5, 0.6) is 0 Å². The third-order valence-electron chi connectivity index (χ3n) is 2.34. The predicted octanol–water partition coefficient (Wildman–Crippen LogP) is 1.01. The molecule has 0 bridgehead atoms. The van der Waals surface area contributed by atoms with Crippen molar-refractivity contribution < 1.29 is 0 Å². The highest BCUT2D eigenvalue weighted by Crippen LogP contribution is 2.24. The van der Waals surface area contributed by atoms with E-state index in [2.05, 4.69) is 20.5 Å². The van der Waals surface area contributed by atoms with Gasteiger partial charge in [0.1, 0.15) is 12.1 Å². The zero-order valence-corrected chi connectivity index (χ0v) is 7.94. The van der Waals surface area contributed by atoms with Gasteiger partial charge in [-0.3, -0.25) is 4.40 Å². The number of aryl methyl sites for hydroxylation is 1. The topological polar surface area (TPSA) is 55.1 Å². The molecule has 0 unspecified atom stereocenters. The summed E-state index contributed by atoms with van der Waals surface area (Å²) in [5.74, 6) is 1.70. The second-order valence-corrected chi connectivity index (χ2v) is 3.70. The van der Waals surface area contributed by atoms with E-state index >= 15 is 0 Å². The molecule has 0 spiro atoms. The van der Waals surface area contributed by atoms with Gasteiger partial charge in [-0.2, -0.15) is 0 Å². The normalized spacial score (nSPS) is 16.1. The van der Waals surface area contributed by atoms with Gasteiger partial charge in [0.05, 0.1) is 0 Å². The molecule has 0 radical (unpaired) electrons. The van der Waals surface area contributed by atoms with Crippen molar-refractivity contribution in [3.8, 4) is 0 Å². The Hall–Kier alpha value is -1.65. The van der Waals surface area contributed by atoms with Crippen molar-refractivity contribution in [2.24, 2.45) is 0 Å². The second-order valence-electron chi connectivity index (χ2n) is 3.70. The number of nitrogens with zero attached hydrogens (tertiary/aromatic N) is 4. The average Bonchev–Trinajstić information content (AvgIpc) is 2.81. The highest BCUT2D eigenvalue weighted by molar-refractivity contribution is 5.46. The van der Waals surface area contributed by atoms with E-state index < -0.39 is 0 Å². The molecule has 2 aromatic heterocycles. The molecule has 0 atom stereocenters. The molecule has 5 nitrogen and oxygen atoms in total. The van der Waals surface area contributed by atoms with Gasteiger partial charge in [-0.05, 0) is 19.8 Å². The van der Waals surface area contributed by atoms with Crippen molar-refractivity contribution in [1.82, 2.24) is 19.6 Å². The fraction of sp³-hybridized carbons (Fsp3) is 0.444. The largest absolute Gasteiger partial charge is 0.368 e. The van der Waals surface area contributed by atoms with E-state index in [0.717, 1.165) is 11.5 Å². The van der Waals surface area contributed by atoms with Crippen molar-refractivity contribution in [2.45, 2.75) is 25.8 Å². The van der Waals surface area contributed by atoms with Crippen LogP contribution in [0.2, 0.25) is 0 Å². The van der Waals surface area contributed by atoms with Crippen LogP contribution in [-0.4, -0.2) is 25.6 Å². The van der Waals surface area contributed by atoms with Crippen LogP contribution in [0.4, 0.5) is 5.82 Å². The summed E-state index contributed by atoms with van der Waals surface area (Å²) in [5, 5.41) is 11.2. The summed E-state index contributed by atoms with van der Waals surface area (Å²) < 4.78 is 1.88. The van der Waals surface area contributed by atoms with Gasteiger partial charge >= 0.3 is 0 Å². The van der Waals surface area contributed by atoms with Gasteiger partial charge in [0, 0.05) is 17.8 Å². The van der Waals surface area contributed by atoms with Gasteiger partial charge in [0.15, 0.2) is 0 Å². The van der Waals surface area contributed by atoms with Crippen LogP contribution >= 0.6 is 0 Å². The monoisotopic (exact) mass is 189 g/mol. The lowest BCUT2D eigenvalue weighted by Crippen LogP contribution is -2.07. The van der Waals surface area contributed by atoms with Crippen LogP contribution in [0.3, 0.4) is 0 Å². The van der Waals surface area contributed by atoms with Crippen molar-refractivity contribution in [3.05, 3.63) is 18.1 Å². The molecule has 3 rings (SSSR count). The lowest BCUT2D eigenvalue weighted by Gasteiger charge is -2.07. The molecule has 0 aliphatic heterocycles. The molecule has 0 aromatic carbocycles. The fourth-order valence-electron chi connectivity index (χ4n) is 1.48. The quantitative estimate of drug-likeness (QED) is 0.766. The first-order chi connectivity index (χ1) is 6.83. The van der Waals surface area contributed by atoms with E-state index in [1.165, 1.54) is 12.8 Å². The average molecular weight is 189 g/mol. The van der Waals surface area contributed by atoms with Crippen LogP contribution in [-0.2, 0) is 0 Å². The summed E-state index contributed by atoms with van der Waals surface area (Å²) in [4.78, 5) is 4.27. The highest BCUT2D eigenvalue weighted by Gasteiger charge is 2.22. The number of hydrogen-bond acceptors (Lipinski definition) is 4. The van der Waals surface area contributed by atoms with Gasteiger partial charge in [-0.25, -0.2) is 4.98 Å². The Morgan fingerprint density at radius 3 is 3.14 bits per heavy atom. The molecule has 1 saturated carbocycles. The summed E-state index contributed by atoms with van der Waals surface area (Å²) >= 11 is 0. The zero-order valence-electron chi connectivity index (χ0n) is 7.94. The van der Waals surface area contributed by atoms with Crippen molar-refractivity contribution >= 4 is 11.6 Å². The lowest BCUT2D eigenvalue weighted by atomic mass is 10.4. The van der Waals surface area contributed by atoms with Gasteiger partial charge in [0.2, 0.25) is 0 Å². The number of aromatic nitrogens is 4. The third-order valence-corrected chi connectivity index (χ3v) is 2.34. The van der Waals surface area contributed by atoms with Crippen LogP contribution in [0.15, 0.2) is 12.4 Å². The molecule has 1 fully saturated rings. The zero-order chi connectivity index (χ0) is 9.54. The van der Waals surface area contributed by atoms with Gasteiger partial charge in [0.25, 0.3) is 5.78 Å². The number of nitrogens with one attached hydrogen (secondary N) is 1. The molecular formula is C9H11N5. The summed E-state index contributed by atoms with van der Waals surface area (Å²) in [6.07, 6.45) is 4.20. The van der Waals surface area contributed by atoms with Gasteiger partial charge < -0.3 is 5.32 Å². The van der Waals surface area contributed by atoms with Crippen LogP contribution in [0.1, 0.15) is 18.5 Å². The van der Waals surface area contributed by atoms with E-state index in [9.17, 15) is 0 Å². The van der Waals surface area contributed by atoms with Crippen LogP contribution in [0, 0.1) is 6.92 Å². The van der Waals surface area contributed by atoms with E-state index in [0.29, 0.717) is 11.8 Å². The first-order valence-electron chi connectivity index (χ1n) is 4.77. The number of fused-ring (bicyclic) bond motifs is 1. The smallest absolute Gasteiger partial charge is 0.256 e. The lowest BCUT2D eigenvalue weighted by molar-refractivity contribution is 1.03. The standard InChI is InChI=1S/C9H11N5/c1-6-4-8(12-7-2-3-7)14-5-10-13-9(14)11-6/h4-5,7,12H,2-3H2,1H3. The summed E-state index contributed by atoms with van der Waals surface area (Å²) in [6.45, 7) is 1.97. The SMILES string of the molecule is Cc1cc(NC2CC2)n2cnnc2n1. The molecule has 1 aliphatic carbocycles. The van der Waals surface area contributed by atoms with E-state index in [1.54, 1.807) is 6.33 Å². The molecule has 1 aliphatic rings. The molecule has 0 saturated heterocycles. The Bertz CT molecular complexity index is 471. The van der Waals surface area contributed by atoms with Crippen molar-refractivity contribution in [3.63, 3.8) is 0 Å². The Balaban J connectivity index is 2.13. The number of hydrogen-bond donors (Lipinski definition) is 1. The van der Waals surface area contributed by atoms with Gasteiger partial charge in [-0.1, -0.05) is 0 Å². The van der Waals surface area contributed by atoms with E-state index in [4.69, 9.17) is 0 Å². The summed E-state index contributed by atoms with van der Waals surface area (Å²) in [6, 6.07) is 2.65. The highest BCUT2D eigenvalue weighted by atomic mass is 15.3.